The van der Waals surface area contributed by atoms with E-state index in [2.05, 4.69) is 5.16 Å². The molecular formula is C25H20Cl3N3O2. The number of amidine groups is 1. The number of carbonyl (C=O) groups is 1. The summed E-state index contributed by atoms with van der Waals surface area (Å²) in [6.07, 6.45) is 0.531. The molecule has 1 heterocycles. The third-order valence-corrected chi connectivity index (χ3v) is 6.27. The Balaban J connectivity index is 1.67. The van der Waals surface area contributed by atoms with E-state index in [0.29, 0.717) is 32.9 Å². The van der Waals surface area contributed by atoms with Crippen LogP contribution in [0.25, 0.3) is 0 Å². The normalized spacial score (nSPS) is 16.0. The van der Waals surface area contributed by atoms with Crippen molar-refractivity contribution in [1.29, 1.82) is 0 Å². The number of aryl methyl sites for hydroxylation is 1. The van der Waals surface area contributed by atoms with Crippen LogP contribution in [0.4, 0.5) is 0 Å². The van der Waals surface area contributed by atoms with E-state index in [1.807, 2.05) is 49.4 Å². The molecule has 0 fully saturated rings. The van der Waals surface area contributed by atoms with Crippen LogP contribution in [-0.2, 0) is 4.84 Å². The first-order valence-electron chi connectivity index (χ1n) is 10.2. The maximum atomic E-state index is 12.5. The van der Waals surface area contributed by atoms with E-state index in [1.165, 1.54) is 0 Å². The monoisotopic (exact) mass is 499 g/mol. The zero-order valence-electron chi connectivity index (χ0n) is 17.9. The summed E-state index contributed by atoms with van der Waals surface area (Å²) < 4.78 is 0. The summed E-state index contributed by atoms with van der Waals surface area (Å²) in [6.45, 7) is 3.57. The smallest absolute Gasteiger partial charge is 0.311 e. The van der Waals surface area contributed by atoms with Crippen molar-refractivity contribution in [2.75, 3.05) is 0 Å². The molecule has 5 nitrogen and oxygen atoms in total. The lowest BCUT2D eigenvalue weighted by Gasteiger charge is -2.23. The Bertz CT molecular complexity index is 1270. The van der Waals surface area contributed by atoms with Gasteiger partial charge in [-0.05, 0) is 49.2 Å². The molecule has 0 radical (unpaired) electrons. The van der Waals surface area contributed by atoms with Crippen molar-refractivity contribution >= 4 is 52.3 Å². The minimum Gasteiger partial charge on any atom is -0.311 e. The SMILES string of the molecule is C/C(=N\OC(=O)c1ccccc1C)N1N=C(c2ccc(Cl)cc2Cl)CC1c1ccccc1Cl. The molecule has 0 aliphatic carbocycles. The second-order valence-electron chi connectivity index (χ2n) is 7.59. The van der Waals surface area contributed by atoms with Crippen molar-refractivity contribution < 1.29 is 9.63 Å². The number of benzene rings is 3. The average molecular weight is 501 g/mol. The lowest BCUT2D eigenvalue weighted by Crippen LogP contribution is -2.25. The summed E-state index contributed by atoms with van der Waals surface area (Å²) in [5.41, 5.74) is 3.66. The third kappa shape index (κ3) is 5.06. The van der Waals surface area contributed by atoms with E-state index in [0.717, 1.165) is 22.4 Å². The van der Waals surface area contributed by atoms with Gasteiger partial charge in [-0.15, -0.1) is 0 Å². The zero-order chi connectivity index (χ0) is 23.5. The average Bonchev–Trinajstić information content (AvgIpc) is 3.23. The van der Waals surface area contributed by atoms with E-state index in [-0.39, 0.29) is 6.04 Å². The third-order valence-electron chi connectivity index (χ3n) is 5.37. The van der Waals surface area contributed by atoms with Crippen LogP contribution >= 0.6 is 34.8 Å². The van der Waals surface area contributed by atoms with Crippen LogP contribution in [0, 0.1) is 6.92 Å². The first-order chi connectivity index (χ1) is 15.8. The molecule has 1 aliphatic heterocycles. The minimum absolute atomic E-state index is 0.249. The van der Waals surface area contributed by atoms with Crippen molar-refractivity contribution in [1.82, 2.24) is 5.01 Å². The molecule has 168 valence electrons. The molecule has 3 aromatic carbocycles. The van der Waals surface area contributed by atoms with Crippen molar-refractivity contribution in [3.63, 3.8) is 0 Å². The van der Waals surface area contributed by atoms with Gasteiger partial charge in [0.15, 0.2) is 5.84 Å². The Morgan fingerprint density at radius 3 is 2.48 bits per heavy atom. The number of hydrogen-bond acceptors (Lipinski definition) is 4. The molecule has 1 unspecified atom stereocenters. The summed E-state index contributed by atoms with van der Waals surface area (Å²) in [6, 6.07) is 19.8. The topological polar surface area (TPSA) is 54.3 Å². The number of nitrogens with zero attached hydrogens (tertiary/aromatic N) is 3. The molecule has 4 rings (SSSR count). The Morgan fingerprint density at radius 1 is 1.03 bits per heavy atom. The number of hydrogen-bond donors (Lipinski definition) is 0. The highest BCUT2D eigenvalue weighted by Gasteiger charge is 2.33. The Kier molecular flexibility index (Phi) is 7.03. The fraction of sp³-hybridized carbons (Fsp3) is 0.160. The highest BCUT2D eigenvalue weighted by atomic mass is 35.5. The molecule has 0 bridgehead atoms. The van der Waals surface area contributed by atoms with Gasteiger partial charge in [0.1, 0.15) is 0 Å². The van der Waals surface area contributed by atoms with Crippen LogP contribution < -0.4 is 0 Å². The van der Waals surface area contributed by atoms with Crippen LogP contribution in [0.1, 0.15) is 46.4 Å². The largest absolute Gasteiger partial charge is 0.366 e. The Labute approximate surface area is 207 Å². The molecule has 0 amide bonds. The van der Waals surface area contributed by atoms with Gasteiger partial charge in [0.05, 0.1) is 22.3 Å². The van der Waals surface area contributed by atoms with Crippen LogP contribution in [0.3, 0.4) is 0 Å². The molecule has 0 saturated carbocycles. The van der Waals surface area contributed by atoms with Gasteiger partial charge in [0.25, 0.3) is 0 Å². The highest BCUT2D eigenvalue weighted by Crippen LogP contribution is 2.38. The predicted octanol–water partition coefficient (Wildman–Crippen LogP) is 7.30. The Morgan fingerprint density at radius 2 is 1.76 bits per heavy atom. The second-order valence-corrected chi connectivity index (χ2v) is 8.84. The number of hydrazone groups is 1. The number of carbonyl (C=O) groups excluding carboxylic acids is 1. The summed E-state index contributed by atoms with van der Waals surface area (Å²) in [5, 5.41) is 12.2. The van der Waals surface area contributed by atoms with Crippen LogP contribution in [0.5, 0.6) is 0 Å². The molecule has 0 spiro atoms. The summed E-state index contributed by atoms with van der Waals surface area (Å²) in [4.78, 5) is 17.8. The van der Waals surface area contributed by atoms with Gasteiger partial charge in [0.2, 0.25) is 0 Å². The van der Waals surface area contributed by atoms with Gasteiger partial charge < -0.3 is 4.84 Å². The van der Waals surface area contributed by atoms with Crippen molar-refractivity contribution in [2.24, 2.45) is 10.3 Å². The predicted molar refractivity (Wildman–Crippen MR) is 133 cm³/mol. The van der Waals surface area contributed by atoms with Crippen molar-refractivity contribution in [3.8, 4) is 0 Å². The first kappa shape index (κ1) is 23.3. The van der Waals surface area contributed by atoms with Crippen molar-refractivity contribution in [2.45, 2.75) is 26.3 Å². The molecule has 1 atom stereocenters. The number of halogens is 3. The molecule has 8 heteroatoms. The van der Waals surface area contributed by atoms with Crippen molar-refractivity contribution in [3.05, 3.63) is 104 Å². The molecular weight excluding hydrogens is 481 g/mol. The zero-order valence-corrected chi connectivity index (χ0v) is 20.2. The molecule has 0 aromatic heterocycles. The van der Waals surface area contributed by atoms with Crippen LogP contribution in [-0.4, -0.2) is 22.5 Å². The van der Waals surface area contributed by atoms with E-state index >= 15 is 0 Å². The van der Waals surface area contributed by atoms with Gasteiger partial charge in [-0.25, -0.2) is 9.80 Å². The fourth-order valence-corrected chi connectivity index (χ4v) is 4.46. The second kappa shape index (κ2) is 9.96. The Hall–Kier alpha value is -2.86. The standard InChI is InChI=1S/C25H20Cl3N3O2/c1-15-7-3-4-8-18(15)25(32)33-30-16(2)31-24(20-9-5-6-10-21(20)27)14-23(29-31)19-12-11-17(26)13-22(19)28/h3-13,24H,14H2,1-2H3/b30-16+. The van der Waals surface area contributed by atoms with Gasteiger partial charge in [0, 0.05) is 22.0 Å². The van der Waals surface area contributed by atoms with Gasteiger partial charge >= 0.3 is 5.97 Å². The summed E-state index contributed by atoms with van der Waals surface area (Å²) in [7, 11) is 0. The molecule has 0 N–H and O–H groups in total. The first-order valence-corrected chi connectivity index (χ1v) is 11.4. The van der Waals surface area contributed by atoms with Crippen LogP contribution in [0.2, 0.25) is 15.1 Å². The quantitative estimate of drug-likeness (QED) is 0.163. The van der Waals surface area contributed by atoms with Gasteiger partial charge in [-0.2, -0.15) is 5.10 Å². The highest BCUT2D eigenvalue weighted by molar-refractivity contribution is 6.37. The van der Waals surface area contributed by atoms with Gasteiger partial charge in [-0.1, -0.05) is 82.4 Å². The summed E-state index contributed by atoms with van der Waals surface area (Å²) in [5.74, 6) is -0.132. The molecule has 33 heavy (non-hydrogen) atoms. The lowest BCUT2D eigenvalue weighted by molar-refractivity contribution is 0.0507. The van der Waals surface area contributed by atoms with E-state index < -0.39 is 5.97 Å². The fourth-order valence-electron chi connectivity index (χ4n) is 3.68. The molecule has 3 aromatic rings. The lowest BCUT2D eigenvalue weighted by atomic mass is 9.98. The molecule has 0 saturated heterocycles. The minimum atomic E-state index is -0.536. The van der Waals surface area contributed by atoms with E-state index in [1.54, 1.807) is 36.2 Å². The van der Waals surface area contributed by atoms with Gasteiger partial charge in [-0.3, -0.25) is 0 Å². The number of oxime groups is 1. The maximum absolute atomic E-state index is 12.5. The summed E-state index contributed by atoms with van der Waals surface area (Å²) >= 11 is 19.0. The molecule has 1 aliphatic rings. The number of rotatable bonds is 4. The van der Waals surface area contributed by atoms with E-state index in [4.69, 9.17) is 44.7 Å². The van der Waals surface area contributed by atoms with E-state index in [9.17, 15) is 4.79 Å². The van der Waals surface area contributed by atoms with Crippen LogP contribution in [0.15, 0.2) is 77.0 Å². The maximum Gasteiger partial charge on any atom is 0.366 e.